The van der Waals surface area contributed by atoms with Crippen LogP contribution in [0.4, 0.5) is 10.8 Å². The van der Waals surface area contributed by atoms with Crippen molar-refractivity contribution < 1.29 is 14.3 Å². The summed E-state index contributed by atoms with van der Waals surface area (Å²) in [7, 11) is 1.63. The Kier molecular flexibility index (Phi) is 8.40. The number of hydrogen-bond acceptors (Lipinski definition) is 9. The smallest absolute Gasteiger partial charge is 0.233 e. The Morgan fingerprint density at radius 1 is 1.06 bits per heavy atom. The van der Waals surface area contributed by atoms with Gasteiger partial charge in [-0.15, -0.1) is 10.2 Å². The number of methoxy groups -OCH3 is 1. The molecule has 0 aliphatic carbocycles. The molecule has 0 spiro atoms. The van der Waals surface area contributed by atoms with E-state index in [1.165, 1.54) is 23.1 Å². The van der Waals surface area contributed by atoms with Crippen LogP contribution in [0, 0.1) is 0 Å². The Morgan fingerprint density at radius 3 is 2.61 bits per heavy atom. The monoisotopic (exact) mass is 485 g/mol. The minimum Gasteiger partial charge on any atom is -0.495 e. The van der Waals surface area contributed by atoms with Crippen LogP contribution in [0.25, 0.3) is 0 Å². The minimum atomic E-state index is 0.134. The molecule has 0 atom stereocenters. The number of anilines is 2. The number of nitrogens with zero attached hydrogens (tertiary/aromatic N) is 4. The molecule has 174 valence electrons. The van der Waals surface area contributed by atoms with Gasteiger partial charge in [0.05, 0.1) is 18.6 Å². The molecular formula is C23H27N5O3S2. The number of benzene rings is 2. The van der Waals surface area contributed by atoms with Crippen molar-refractivity contribution in [2.24, 2.45) is 0 Å². The maximum absolute atomic E-state index is 12.6. The third-order valence-electron chi connectivity index (χ3n) is 5.22. The molecule has 0 bridgehead atoms. The first-order chi connectivity index (χ1) is 16.2. The summed E-state index contributed by atoms with van der Waals surface area (Å²) in [4.78, 5) is 16.9. The van der Waals surface area contributed by atoms with Gasteiger partial charge in [0, 0.05) is 32.7 Å². The largest absolute Gasteiger partial charge is 0.495 e. The van der Waals surface area contributed by atoms with Gasteiger partial charge < -0.3 is 19.7 Å². The number of hydrogen-bond donors (Lipinski definition) is 1. The number of carbonyl (C=O) groups is 1. The predicted molar refractivity (Wildman–Crippen MR) is 132 cm³/mol. The number of aromatic nitrogens is 2. The molecule has 1 amide bonds. The molecular weight excluding hydrogens is 458 g/mol. The van der Waals surface area contributed by atoms with Crippen molar-refractivity contribution in [1.29, 1.82) is 0 Å². The Hall–Kier alpha value is -2.82. The Bertz CT molecular complexity index is 1030. The van der Waals surface area contributed by atoms with Gasteiger partial charge in [-0.3, -0.25) is 9.69 Å². The van der Waals surface area contributed by atoms with Gasteiger partial charge in [-0.2, -0.15) is 0 Å². The highest BCUT2D eigenvalue weighted by Gasteiger charge is 2.21. The molecule has 2 heterocycles. The van der Waals surface area contributed by atoms with Gasteiger partial charge >= 0.3 is 0 Å². The van der Waals surface area contributed by atoms with Crippen LogP contribution in [0.15, 0.2) is 58.9 Å². The summed E-state index contributed by atoms with van der Waals surface area (Å²) in [5.41, 5.74) is 0.829. The zero-order valence-electron chi connectivity index (χ0n) is 18.5. The second-order valence-corrected chi connectivity index (χ2v) is 9.57. The second kappa shape index (κ2) is 11.9. The van der Waals surface area contributed by atoms with Crippen molar-refractivity contribution in [3.8, 4) is 11.5 Å². The van der Waals surface area contributed by atoms with E-state index in [0.29, 0.717) is 17.5 Å². The normalized spacial score (nSPS) is 14.2. The van der Waals surface area contributed by atoms with Crippen molar-refractivity contribution >= 4 is 39.8 Å². The molecule has 1 saturated heterocycles. The van der Waals surface area contributed by atoms with Crippen LogP contribution >= 0.6 is 23.1 Å². The van der Waals surface area contributed by atoms with Gasteiger partial charge in [0.2, 0.25) is 11.0 Å². The second-order valence-electron chi connectivity index (χ2n) is 7.37. The van der Waals surface area contributed by atoms with E-state index in [2.05, 4.69) is 20.4 Å². The van der Waals surface area contributed by atoms with Gasteiger partial charge in [-0.1, -0.05) is 53.4 Å². The molecule has 1 N–H and O–H groups in total. The molecule has 8 nitrogen and oxygen atoms in total. The molecule has 1 aliphatic heterocycles. The van der Waals surface area contributed by atoms with Crippen LogP contribution in [0.2, 0.25) is 0 Å². The highest BCUT2D eigenvalue weighted by Crippen LogP contribution is 2.31. The fourth-order valence-electron chi connectivity index (χ4n) is 3.43. The van der Waals surface area contributed by atoms with Crippen molar-refractivity contribution in [2.75, 3.05) is 57.5 Å². The lowest BCUT2D eigenvalue weighted by Crippen LogP contribution is -2.50. The van der Waals surface area contributed by atoms with Gasteiger partial charge in [0.1, 0.15) is 18.1 Å². The number of thioether (sulfide) groups is 1. The average molecular weight is 486 g/mol. The number of ether oxygens (including phenoxy) is 2. The zero-order valence-corrected chi connectivity index (χ0v) is 20.1. The van der Waals surface area contributed by atoms with Crippen LogP contribution in [-0.2, 0) is 4.79 Å². The summed E-state index contributed by atoms with van der Waals surface area (Å²) >= 11 is 2.85. The van der Waals surface area contributed by atoms with Crippen molar-refractivity contribution in [3.63, 3.8) is 0 Å². The lowest BCUT2D eigenvalue weighted by Gasteiger charge is -2.34. The number of para-hydroxylation sites is 3. The lowest BCUT2D eigenvalue weighted by atomic mass is 10.3. The third-order valence-corrected chi connectivity index (χ3v) is 7.18. The molecule has 0 radical (unpaired) electrons. The highest BCUT2D eigenvalue weighted by atomic mass is 32.2. The summed E-state index contributed by atoms with van der Waals surface area (Å²) in [5, 5.41) is 12.3. The predicted octanol–water partition coefficient (Wildman–Crippen LogP) is 3.61. The summed E-state index contributed by atoms with van der Waals surface area (Å²) in [6, 6.07) is 17.5. The van der Waals surface area contributed by atoms with Crippen LogP contribution in [0.3, 0.4) is 0 Å². The van der Waals surface area contributed by atoms with Crippen LogP contribution in [-0.4, -0.2) is 78.1 Å². The molecule has 0 saturated carbocycles. The number of carbonyl (C=O) groups excluding carboxylic acids is 1. The maximum Gasteiger partial charge on any atom is 0.233 e. The third kappa shape index (κ3) is 6.83. The highest BCUT2D eigenvalue weighted by molar-refractivity contribution is 8.01. The average Bonchev–Trinajstić information content (AvgIpc) is 3.31. The molecule has 1 aromatic heterocycles. The fraction of sp³-hybridized carbons (Fsp3) is 0.348. The fourth-order valence-corrected chi connectivity index (χ4v) is 5.09. The first-order valence-corrected chi connectivity index (χ1v) is 12.6. The number of nitrogens with one attached hydrogen (secondary N) is 1. The molecule has 33 heavy (non-hydrogen) atoms. The van der Waals surface area contributed by atoms with E-state index in [0.717, 1.165) is 54.2 Å². The van der Waals surface area contributed by atoms with Gasteiger partial charge in [-0.05, 0) is 24.3 Å². The van der Waals surface area contributed by atoms with Crippen molar-refractivity contribution in [3.05, 3.63) is 54.6 Å². The molecule has 1 aliphatic rings. The molecule has 3 aromatic rings. The van der Waals surface area contributed by atoms with Gasteiger partial charge in [-0.25, -0.2) is 0 Å². The summed E-state index contributed by atoms with van der Waals surface area (Å²) in [6.07, 6.45) is 0. The van der Waals surface area contributed by atoms with Crippen molar-refractivity contribution in [1.82, 2.24) is 20.0 Å². The molecule has 1 fully saturated rings. The Balaban J connectivity index is 1.16. The van der Waals surface area contributed by atoms with E-state index in [9.17, 15) is 4.79 Å². The first-order valence-electron chi connectivity index (χ1n) is 10.8. The zero-order chi connectivity index (χ0) is 22.9. The van der Waals surface area contributed by atoms with E-state index < -0.39 is 0 Å². The Morgan fingerprint density at radius 2 is 1.82 bits per heavy atom. The molecule has 2 aromatic carbocycles. The van der Waals surface area contributed by atoms with E-state index in [4.69, 9.17) is 9.47 Å². The number of amides is 1. The van der Waals surface area contributed by atoms with Crippen LogP contribution in [0.1, 0.15) is 0 Å². The topological polar surface area (TPSA) is 79.8 Å². The minimum absolute atomic E-state index is 0.134. The number of piperazine rings is 1. The van der Waals surface area contributed by atoms with Crippen LogP contribution < -0.4 is 14.8 Å². The molecule has 0 unspecified atom stereocenters. The maximum atomic E-state index is 12.6. The summed E-state index contributed by atoms with van der Waals surface area (Å²) in [6.45, 7) is 4.71. The standard InChI is InChI=1S/C23H27N5O3S2/c1-30-20-10-6-5-9-19(20)24-22-25-26-23(33-22)32-17-21(29)28-13-11-27(12-14-28)15-16-31-18-7-3-2-4-8-18/h2-10H,11-17H2,1H3,(H,24,25). The van der Waals surface area contributed by atoms with E-state index in [1.54, 1.807) is 7.11 Å². The Labute approximate surface area is 201 Å². The van der Waals surface area contributed by atoms with E-state index >= 15 is 0 Å². The van der Waals surface area contributed by atoms with E-state index in [1.807, 2.05) is 59.5 Å². The van der Waals surface area contributed by atoms with Gasteiger partial charge in [0.25, 0.3) is 0 Å². The SMILES string of the molecule is COc1ccccc1Nc1nnc(SCC(=O)N2CCN(CCOc3ccccc3)CC2)s1. The van der Waals surface area contributed by atoms with Gasteiger partial charge in [0.15, 0.2) is 4.34 Å². The first kappa shape index (κ1) is 23.3. The summed E-state index contributed by atoms with van der Waals surface area (Å²) < 4.78 is 11.9. The quantitative estimate of drug-likeness (QED) is 0.437. The van der Waals surface area contributed by atoms with Crippen LogP contribution in [0.5, 0.6) is 11.5 Å². The van der Waals surface area contributed by atoms with E-state index in [-0.39, 0.29) is 5.91 Å². The molecule has 4 rings (SSSR count). The lowest BCUT2D eigenvalue weighted by molar-refractivity contribution is -0.130. The number of rotatable bonds is 10. The molecule has 10 heteroatoms. The summed E-state index contributed by atoms with van der Waals surface area (Å²) in [5.74, 6) is 2.12. The van der Waals surface area contributed by atoms with Crippen molar-refractivity contribution in [2.45, 2.75) is 4.34 Å².